The van der Waals surface area contributed by atoms with Crippen LogP contribution in [-0.2, 0) is 26.7 Å². The minimum Gasteiger partial charge on any atom is -0.326 e. The molecule has 1 amide bonds. The Morgan fingerprint density at radius 1 is 1.15 bits per heavy atom. The summed E-state index contributed by atoms with van der Waals surface area (Å²) in [4.78, 5) is 12.6. The maximum Gasteiger partial charge on any atom is 0.232 e. The van der Waals surface area contributed by atoms with E-state index < -0.39 is 10.0 Å². The van der Waals surface area contributed by atoms with Crippen molar-refractivity contribution in [3.05, 3.63) is 59.7 Å². The number of aryl methyl sites for hydroxylation is 1. The summed E-state index contributed by atoms with van der Waals surface area (Å²) in [7, 11) is -3.33. The first-order chi connectivity index (χ1) is 12.7. The maximum atomic E-state index is 12.6. The van der Waals surface area contributed by atoms with Crippen molar-refractivity contribution < 1.29 is 13.2 Å². The van der Waals surface area contributed by atoms with E-state index in [2.05, 4.69) is 5.32 Å². The molecule has 144 valence electrons. The van der Waals surface area contributed by atoms with Gasteiger partial charge in [0.2, 0.25) is 15.9 Å². The van der Waals surface area contributed by atoms with Crippen LogP contribution in [0.25, 0.3) is 0 Å². The van der Waals surface area contributed by atoms with Gasteiger partial charge in [-0.15, -0.1) is 0 Å². The number of rotatable bonds is 5. The maximum absolute atomic E-state index is 12.6. The monoisotopic (exact) mass is 386 g/mol. The molecular formula is C21H26N2O3S. The molecule has 0 aliphatic carbocycles. The Labute approximate surface area is 161 Å². The predicted molar refractivity (Wildman–Crippen MR) is 110 cm³/mol. The lowest BCUT2D eigenvalue weighted by Gasteiger charge is -2.30. The van der Waals surface area contributed by atoms with Crippen LogP contribution in [0.3, 0.4) is 0 Å². The zero-order chi connectivity index (χ0) is 19.7. The van der Waals surface area contributed by atoms with Crippen LogP contribution in [-0.4, -0.2) is 27.1 Å². The van der Waals surface area contributed by atoms with Gasteiger partial charge in [-0.25, -0.2) is 8.42 Å². The first kappa shape index (κ1) is 19.4. The van der Waals surface area contributed by atoms with E-state index in [1.807, 2.05) is 56.3 Å². The molecule has 2 aromatic rings. The molecule has 0 saturated carbocycles. The first-order valence-electron chi connectivity index (χ1n) is 9.13. The molecule has 6 heteroatoms. The lowest BCUT2D eigenvalue weighted by Crippen LogP contribution is -2.34. The number of carbonyl (C=O) groups is 1. The SMILES string of the molecule is CC(C)(CC(=O)Nc1ccc2c(c1)N(S(C)(=O)=O)CCC2)c1ccccc1. The Hall–Kier alpha value is -2.34. The fourth-order valence-corrected chi connectivity index (χ4v) is 4.55. The van der Waals surface area contributed by atoms with Crippen LogP contribution in [0.15, 0.2) is 48.5 Å². The van der Waals surface area contributed by atoms with Gasteiger partial charge < -0.3 is 5.32 Å². The summed E-state index contributed by atoms with van der Waals surface area (Å²) in [6.45, 7) is 4.56. The normalized spacial score (nSPS) is 14.6. The van der Waals surface area contributed by atoms with Crippen LogP contribution in [0.4, 0.5) is 11.4 Å². The molecule has 27 heavy (non-hydrogen) atoms. The molecule has 5 nitrogen and oxygen atoms in total. The Morgan fingerprint density at radius 2 is 1.85 bits per heavy atom. The highest BCUT2D eigenvalue weighted by molar-refractivity contribution is 7.92. The predicted octanol–water partition coefficient (Wildman–Crippen LogP) is 3.71. The van der Waals surface area contributed by atoms with E-state index in [4.69, 9.17) is 0 Å². The Morgan fingerprint density at radius 3 is 2.52 bits per heavy atom. The molecule has 0 aromatic heterocycles. The number of nitrogens with zero attached hydrogens (tertiary/aromatic N) is 1. The standard InChI is InChI=1S/C21H26N2O3S/c1-21(2,17-9-5-4-6-10-17)15-20(24)22-18-12-11-16-8-7-13-23(19(16)14-18)27(3,25)26/h4-6,9-12,14H,7-8,13,15H2,1-3H3,(H,22,24). The van der Waals surface area contributed by atoms with Gasteiger partial charge in [0.15, 0.2) is 0 Å². The smallest absolute Gasteiger partial charge is 0.232 e. The van der Waals surface area contributed by atoms with Crippen molar-refractivity contribution in [3.8, 4) is 0 Å². The number of anilines is 2. The average molecular weight is 387 g/mol. The molecule has 0 unspecified atom stereocenters. The lowest BCUT2D eigenvalue weighted by molar-refractivity contribution is -0.117. The molecule has 1 heterocycles. The summed E-state index contributed by atoms with van der Waals surface area (Å²) in [5.41, 5.74) is 3.10. The summed E-state index contributed by atoms with van der Waals surface area (Å²) in [5, 5.41) is 2.93. The Kier molecular flexibility index (Phi) is 5.29. The van der Waals surface area contributed by atoms with Crippen LogP contribution >= 0.6 is 0 Å². The molecule has 0 saturated heterocycles. The molecule has 1 aliphatic rings. The minimum absolute atomic E-state index is 0.0921. The first-order valence-corrected chi connectivity index (χ1v) is 11.0. The fourth-order valence-electron chi connectivity index (χ4n) is 3.56. The van der Waals surface area contributed by atoms with E-state index in [-0.39, 0.29) is 11.3 Å². The van der Waals surface area contributed by atoms with Crippen molar-refractivity contribution in [2.24, 2.45) is 0 Å². The van der Waals surface area contributed by atoms with Gasteiger partial charge in [-0.3, -0.25) is 9.10 Å². The number of nitrogens with one attached hydrogen (secondary N) is 1. The summed E-state index contributed by atoms with van der Waals surface area (Å²) in [6.07, 6.45) is 3.20. The third-order valence-corrected chi connectivity index (χ3v) is 6.18. The zero-order valence-electron chi connectivity index (χ0n) is 16.0. The van der Waals surface area contributed by atoms with Crippen LogP contribution in [0, 0.1) is 0 Å². The number of fused-ring (bicyclic) bond motifs is 1. The van der Waals surface area contributed by atoms with Crippen LogP contribution in [0.2, 0.25) is 0 Å². The number of benzene rings is 2. The molecule has 1 aliphatic heterocycles. The summed E-state index contributed by atoms with van der Waals surface area (Å²) >= 11 is 0. The summed E-state index contributed by atoms with van der Waals surface area (Å²) in [5.74, 6) is -0.0921. The van der Waals surface area contributed by atoms with Gasteiger partial charge in [0.25, 0.3) is 0 Å². The molecule has 2 aromatic carbocycles. The van der Waals surface area contributed by atoms with Crippen molar-refractivity contribution in [1.29, 1.82) is 0 Å². The van der Waals surface area contributed by atoms with Crippen molar-refractivity contribution >= 4 is 27.3 Å². The number of sulfonamides is 1. The number of carbonyl (C=O) groups excluding carboxylic acids is 1. The van der Waals surface area contributed by atoms with Gasteiger partial charge in [0, 0.05) is 18.7 Å². The molecule has 0 atom stereocenters. The average Bonchev–Trinajstić information content (AvgIpc) is 2.60. The summed E-state index contributed by atoms with van der Waals surface area (Å²) in [6, 6.07) is 15.5. The van der Waals surface area contributed by atoms with Crippen molar-refractivity contribution in [1.82, 2.24) is 0 Å². The molecular weight excluding hydrogens is 360 g/mol. The van der Waals surface area contributed by atoms with E-state index in [0.29, 0.717) is 24.3 Å². The molecule has 0 fully saturated rings. The fraction of sp³-hybridized carbons (Fsp3) is 0.381. The second-order valence-electron chi connectivity index (χ2n) is 7.76. The Bertz CT molecular complexity index is 937. The number of hydrogen-bond acceptors (Lipinski definition) is 3. The van der Waals surface area contributed by atoms with E-state index in [0.717, 1.165) is 24.0 Å². The van der Waals surface area contributed by atoms with E-state index >= 15 is 0 Å². The second kappa shape index (κ2) is 7.35. The molecule has 0 radical (unpaired) electrons. The van der Waals surface area contributed by atoms with Crippen molar-refractivity contribution in [3.63, 3.8) is 0 Å². The zero-order valence-corrected chi connectivity index (χ0v) is 16.8. The van der Waals surface area contributed by atoms with Crippen LogP contribution in [0.5, 0.6) is 0 Å². The van der Waals surface area contributed by atoms with Crippen molar-refractivity contribution in [2.45, 2.75) is 38.5 Å². The lowest BCUT2D eigenvalue weighted by atomic mass is 9.81. The van der Waals surface area contributed by atoms with Crippen LogP contribution < -0.4 is 9.62 Å². The summed E-state index contributed by atoms with van der Waals surface area (Å²) < 4.78 is 25.6. The number of amides is 1. The highest BCUT2D eigenvalue weighted by atomic mass is 32.2. The molecule has 0 spiro atoms. The Balaban J connectivity index is 1.77. The van der Waals surface area contributed by atoms with E-state index in [1.54, 1.807) is 6.07 Å². The van der Waals surface area contributed by atoms with Gasteiger partial charge in [-0.05, 0) is 41.5 Å². The quantitative estimate of drug-likeness (QED) is 0.852. The van der Waals surface area contributed by atoms with Gasteiger partial charge in [0.1, 0.15) is 0 Å². The topological polar surface area (TPSA) is 66.5 Å². The van der Waals surface area contributed by atoms with Crippen LogP contribution in [0.1, 0.15) is 37.8 Å². The molecule has 0 bridgehead atoms. The van der Waals surface area contributed by atoms with E-state index in [1.165, 1.54) is 10.6 Å². The van der Waals surface area contributed by atoms with Gasteiger partial charge in [-0.2, -0.15) is 0 Å². The second-order valence-corrected chi connectivity index (χ2v) is 9.66. The highest BCUT2D eigenvalue weighted by Crippen LogP contribution is 2.32. The largest absolute Gasteiger partial charge is 0.326 e. The minimum atomic E-state index is -3.33. The molecule has 1 N–H and O–H groups in total. The highest BCUT2D eigenvalue weighted by Gasteiger charge is 2.26. The van der Waals surface area contributed by atoms with Gasteiger partial charge >= 0.3 is 0 Å². The van der Waals surface area contributed by atoms with Crippen molar-refractivity contribution in [2.75, 3.05) is 22.4 Å². The number of hydrogen-bond donors (Lipinski definition) is 1. The van der Waals surface area contributed by atoms with Gasteiger partial charge in [0.05, 0.1) is 11.9 Å². The molecule has 3 rings (SSSR count). The third kappa shape index (κ3) is 4.50. The van der Waals surface area contributed by atoms with Gasteiger partial charge in [-0.1, -0.05) is 50.2 Å². The third-order valence-electron chi connectivity index (χ3n) is 5.00. The van der Waals surface area contributed by atoms with E-state index in [9.17, 15) is 13.2 Å².